The molecular weight excluding hydrogens is 414 g/mol. The topological polar surface area (TPSA) is 130 Å². The Morgan fingerprint density at radius 1 is 0.967 bits per heavy atom. The summed E-state index contributed by atoms with van der Waals surface area (Å²) in [6, 6.07) is 6.61. The monoisotopic (exact) mass is 433 g/mol. The van der Waals surface area contributed by atoms with Crippen molar-refractivity contribution in [2.45, 2.75) is 19.3 Å². The van der Waals surface area contributed by atoms with E-state index in [1.54, 1.807) is 24.3 Å². The van der Waals surface area contributed by atoms with Gasteiger partial charge in [0, 0.05) is 25.9 Å². The van der Waals surface area contributed by atoms with Gasteiger partial charge >= 0.3 is 5.97 Å². The van der Waals surface area contributed by atoms with Crippen molar-refractivity contribution in [2.75, 3.05) is 24.6 Å². The fraction of sp³-hybridized carbons (Fsp3) is 0.368. The highest BCUT2D eigenvalue weighted by atomic mass is 32.2. The predicted molar refractivity (Wildman–Crippen MR) is 104 cm³/mol. The van der Waals surface area contributed by atoms with Crippen LogP contribution in [0.5, 0.6) is 0 Å². The van der Waals surface area contributed by atoms with Crippen LogP contribution in [0.15, 0.2) is 24.3 Å². The molecule has 0 spiro atoms. The number of thioether (sulfide) groups is 1. The lowest BCUT2D eigenvalue weighted by atomic mass is 10.1. The van der Waals surface area contributed by atoms with Crippen molar-refractivity contribution in [1.82, 2.24) is 15.3 Å². The minimum Gasteiger partial charge on any atom is -0.355 e. The van der Waals surface area contributed by atoms with Gasteiger partial charge in [-0.15, -0.1) is 16.8 Å². The van der Waals surface area contributed by atoms with Crippen LogP contribution in [0.4, 0.5) is 0 Å². The van der Waals surface area contributed by atoms with E-state index in [9.17, 15) is 28.8 Å². The van der Waals surface area contributed by atoms with Gasteiger partial charge in [-0.05, 0) is 18.6 Å². The van der Waals surface area contributed by atoms with Gasteiger partial charge in [-0.1, -0.05) is 12.1 Å². The van der Waals surface area contributed by atoms with Gasteiger partial charge in [0.25, 0.3) is 23.6 Å². The van der Waals surface area contributed by atoms with Crippen molar-refractivity contribution >= 4 is 47.3 Å². The number of hydrogen-bond donors (Lipinski definition) is 1. The molecule has 3 rings (SSSR count). The number of hydroxylamine groups is 2. The Labute approximate surface area is 175 Å². The number of carbonyl (C=O) groups excluding carboxylic acids is 6. The smallest absolute Gasteiger partial charge is 0.343 e. The maximum atomic E-state index is 12.2. The van der Waals surface area contributed by atoms with Crippen LogP contribution >= 0.6 is 11.8 Å². The van der Waals surface area contributed by atoms with Crippen LogP contribution in [0, 0.1) is 0 Å². The maximum Gasteiger partial charge on any atom is 0.343 e. The van der Waals surface area contributed by atoms with Crippen molar-refractivity contribution in [3.05, 3.63) is 35.4 Å². The average Bonchev–Trinajstić information content (AvgIpc) is 3.17. The van der Waals surface area contributed by atoms with Gasteiger partial charge in [0.1, 0.15) is 0 Å². The summed E-state index contributed by atoms with van der Waals surface area (Å²) in [6.07, 6.45) is 0.424. The first-order valence-corrected chi connectivity index (χ1v) is 10.4. The van der Waals surface area contributed by atoms with Gasteiger partial charge in [0.2, 0.25) is 5.91 Å². The number of nitrogens with zero attached hydrogens (tertiary/aromatic N) is 2. The Morgan fingerprint density at radius 3 is 2.17 bits per heavy atom. The largest absolute Gasteiger partial charge is 0.355 e. The lowest BCUT2D eigenvalue weighted by Gasteiger charge is -2.14. The minimum atomic E-state index is -0.790. The van der Waals surface area contributed by atoms with Crippen molar-refractivity contribution in [2.24, 2.45) is 0 Å². The number of carbonyl (C=O) groups is 6. The van der Waals surface area contributed by atoms with E-state index < -0.39 is 17.8 Å². The molecule has 30 heavy (non-hydrogen) atoms. The molecule has 1 aromatic carbocycles. The highest BCUT2D eigenvalue weighted by Crippen LogP contribution is 2.22. The molecule has 10 nitrogen and oxygen atoms in total. The normalized spacial score (nSPS) is 15.6. The molecule has 1 aromatic rings. The van der Waals surface area contributed by atoms with E-state index in [0.29, 0.717) is 22.6 Å². The summed E-state index contributed by atoms with van der Waals surface area (Å²) < 4.78 is 0. The minimum absolute atomic E-state index is 0.0162. The first-order valence-electron chi connectivity index (χ1n) is 9.24. The van der Waals surface area contributed by atoms with E-state index in [2.05, 4.69) is 5.32 Å². The fourth-order valence-corrected chi connectivity index (χ4v) is 3.58. The second-order valence-corrected chi connectivity index (χ2v) is 7.53. The average molecular weight is 433 g/mol. The highest BCUT2D eigenvalue weighted by molar-refractivity contribution is 8.00. The van der Waals surface area contributed by atoms with Gasteiger partial charge in [0.15, 0.2) is 0 Å². The molecule has 1 saturated heterocycles. The van der Waals surface area contributed by atoms with Gasteiger partial charge in [-0.3, -0.25) is 28.9 Å². The first-order chi connectivity index (χ1) is 14.4. The molecule has 2 heterocycles. The zero-order valence-electron chi connectivity index (χ0n) is 15.9. The zero-order chi connectivity index (χ0) is 21.7. The lowest BCUT2D eigenvalue weighted by Crippen LogP contribution is -2.34. The van der Waals surface area contributed by atoms with E-state index in [1.807, 2.05) is 0 Å². The summed E-state index contributed by atoms with van der Waals surface area (Å²) in [5.74, 6) is -3.14. The third-order valence-electron chi connectivity index (χ3n) is 4.41. The number of imide groups is 2. The second kappa shape index (κ2) is 9.53. The van der Waals surface area contributed by atoms with E-state index in [4.69, 9.17) is 4.84 Å². The Kier molecular flexibility index (Phi) is 6.83. The molecule has 0 unspecified atom stereocenters. The van der Waals surface area contributed by atoms with E-state index >= 15 is 0 Å². The molecule has 0 atom stereocenters. The molecule has 0 saturated carbocycles. The molecule has 0 radical (unpaired) electrons. The summed E-state index contributed by atoms with van der Waals surface area (Å²) in [5.41, 5.74) is 0.763. The first kappa shape index (κ1) is 21.5. The van der Waals surface area contributed by atoms with Crippen molar-refractivity contribution in [3.63, 3.8) is 0 Å². The van der Waals surface area contributed by atoms with Crippen molar-refractivity contribution in [3.8, 4) is 0 Å². The van der Waals surface area contributed by atoms with Crippen LogP contribution < -0.4 is 5.32 Å². The molecule has 5 amide bonds. The third-order valence-corrected chi connectivity index (χ3v) is 5.32. The lowest BCUT2D eigenvalue weighted by molar-refractivity contribution is -0.195. The van der Waals surface area contributed by atoms with Crippen LogP contribution in [-0.2, 0) is 24.0 Å². The molecule has 0 aliphatic carbocycles. The molecule has 1 fully saturated rings. The Bertz CT molecular complexity index is 866. The SMILES string of the molecule is O=C(CSCC(=O)ON1C(=O)CCC1=O)NCCCN1C(=O)c2ccccc2C1=O. The molecular formula is C19H19N3O7S. The Hall–Kier alpha value is -3.21. The van der Waals surface area contributed by atoms with E-state index in [-0.39, 0.29) is 55.2 Å². The summed E-state index contributed by atoms with van der Waals surface area (Å²) in [6.45, 7) is 0.442. The standard InChI is InChI=1S/C19H19N3O7S/c23-14(10-30-11-17(26)29-22-15(24)6-7-16(22)25)20-8-3-9-21-18(27)12-4-1-2-5-13(12)19(21)28/h1-2,4-5H,3,6-11H2,(H,20,23). The fourth-order valence-electron chi connectivity index (χ4n) is 2.97. The molecule has 158 valence electrons. The van der Waals surface area contributed by atoms with E-state index in [0.717, 1.165) is 16.7 Å². The molecule has 11 heteroatoms. The number of hydrogen-bond acceptors (Lipinski definition) is 8. The number of nitrogens with one attached hydrogen (secondary N) is 1. The summed E-state index contributed by atoms with van der Waals surface area (Å²) in [5, 5.41) is 3.10. The molecule has 2 aliphatic rings. The summed E-state index contributed by atoms with van der Waals surface area (Å²) in [4.78, 5) is 76.5. The zero-order valence-corrected chi connectivity index (χ0v) is 16.7. The highest BCUT2D eigenvalue weighted by Gasteiger charge is 2.34. The van der Waals surface area contributed by atoms with Gasteiger partial charge in [-0.2, -0.15) is 0 Å². The van der Waals surface area contributed by atoms with Crippen LogP contribution in [0.2, 0.25) is 0 Å². The summed E-state index contributed by atoms with van der Waals surface area (Å²) in [7, 11) is 0. The number of amides is 5. The Morgan fingerprint density at radius 2 is 1.57 bits per heavy atom. The number of rotatable bonds is 9. The second-order valence-electron chi connectivity index (χ2n) is 6.55. The van der Waals surface area contributed by atoms with Gasteiger partial charge in [-0.25, -0.2) is 4.79 Å². The summed E-state index contributed by atoms with van der Waals surface area (Å²) >= 11 is 0.977. The predicted octanol–water partition coefficient (Wildman–Crippen LogP) is 0.129. The quantitative estimate of drug-likeness (QED) is 0.430. The molecule has 2 aliphatic heterocycles. The van der Waals surface area contributed by atoms with E-state index in [1.165, 1.54) is 0 Å². The maximum absolute atomic E-state index is 12.2. The van der Waals surface area contributed by atoms with Crippen LogP contribution in [0.25, 0.3) is 0 Å². The number of fused-ring (bicyclic) bond motifs is 1. The van der Waals surface area contributed by atoms with Crippen molar-refractivity contribution in [1.29, 1.82) is 0 Å². The third kappa shape index (κ3) is 4.85. The molecule has 0 bridgehead atoms. The Balaban J connectivity index is 1.30. The molecule has 1 N–H and O–H groups in total. The van der Waals surface area contributed by atoms with Crippen LogP contribution in [-0.4, -0.2) is 70.1 Å². The molecule has 0 aromatic heterocycles. The number of benzene rings is 1. The van der Waals surface area contributed by atoms with Gasteiger partial charge in [0.05, 0.1) is 22.6 Å². The van der Waals surface area contributed by atoms with Crippen LogP contribution in [0.3, 0.4) is 0 Å². The van der Waals surface area contributed by atoms with Crippen LogP contribution in [0.1, 0.15) is 40.0 Å². The van der Waals surface area contributed by atoms with Crippen molar-refractivity contribution < 1.29 is 33.6 Å². The van der Waals surface area contributed by atoms with Gasteiger partial charge < -0.3 is 10.2 Å².